The van der Waals surface area contributed by atoms with Crippen molar-refractivity contribution in [1.29, 1.82) is 0 Å². The van der Waals surface area contributed by atoms with Crippen LogP contribution in [0.25, 0.3) is 0 Å². The average molecular weight is 282 g/mol. The van der Waals surface area contributed by atoms with Gasteiger partial charge in [-0.05, 0) is 53.5 Å². The van der Waals surface area contributed by atoms with Crippen LogP contribution in [0, 0.1) is 16.3 Å². The second-order valence-corrected chi connectivity index (χ2v) is 4.25. The Morgan fingerprint density at radius 1 is 1.45 bits per heavy atom. The Morgan fingerprint density at radius 2 is 2.09 bits per heavy atom. The Balaban J connectivity index is 3.21. The van der Waals surface area contributed by atoms with Crippen LogP contribution < -0.4 is 0 Å². The maximum atomic E-state index is 13.0. The van der Waals surface area contributed by atoms with Gasteiger partial charge < -0.3 is 0 Å². The molecule has 0 aliphatic heterocycles. The molecule has 0 saturated carbocycles. The number of hydrogen-bond acceptors (Lipinski definition) is 1. The van der Waals surface area contributed by atoms with E-state index in [1.165, 1.54) is 11.8 Å². The minimum absolute atomic E-state index is 0.115. The largest absolute Gasteiger partial charge is 0.206 e. The van der Waals surface area contributed by atoms with Crippen molar-refractivity contribution in [2.24, 2.45) is 0 Å². The third-order valence-electron chi connectivity index (χ3n) is 1.43. The molecule has 60 valence electrons. The Bertz CT molecular complexity index is 273. The van der Waals surface area contributed by atoms with Crippen LogP contribution in [0.4, 0.5) is 4.39 Å². The van der Waals surface area contributed by atoms with Gasteiger partial charge in [-0.15, -0.1) is 11.8 Å². The lowest BCUT2D eigenvalue weighted by atomic mass is 10.2. The van der Waals surface area contributed by atoms with Gasteiger partial charge in [0.05, 0.1) is 0 Å². The van der Waals surface area contributed by atoms with Crippen molar-refractivity contribution in [2.45, 2.75) is 11.8 Å². The number of benzene rings is 1. The van der Waals surface area contributed by atoms with E-state index >= 15 is 0 Å². The molecule has 0 spiro atoms. The van der Waals surface area contributed by atoms with E-state index < -0.39 is 0 Å². The van der Waals surface area contributed by atoms with Gasteiger partial charge in [0, 0.05) is 8.47 Å². The van der Waals surface area contributed by atoms with E-state index in [0.29, 0.717) is 0 Å². The van der Waals surface area contributed by atoms with Gasteiger partial charge in [0.2, 0.25) is 0 Å². The maximum absolute atomic E-state index is 13.0. The summed E-state index contributed by atoms with van der Waals surface area (Å²) in [5.41, 5.74) is 1.00. The molecule has 1 aromatic rings. The summed E-state index contributed by atoms with van der Waals surface area (Å²) < 4.78 is 14.1. The summed E-state index contributed by atoms with van der Waals surface area (Å²) in [6.07, 6.45) is 1.88. The minimum atomic E-state index is -0.115. The highest BCUT2D eigenvalue weighted by atomic mass is 127. The highest BCUT2D eigenvalue weighted by Crippen LogP contribution is 2.23. The zero-order chi connectivity index (χ0) is 8.43. The summed E-state index contributed by atoms with van der Waals surface area (Å²) >= 11 is 3.65. The molecule has 0 unspecified atom stereocenters. The molecule has 0 aliphatic carbocycles. The van der Waals surface area contributed by atoms with Gasteiger partial charge in [0.25, 0.3) is 0 Å². The van der Waals surface area contributed by atoms with E-state index in [-0.39, 0.29) is 5.82 Å². The first-order valence-electron chi connectivity index (χ1n) is 3.15. The molecule has 0 atom stereocenters. The molecule has 1 aromatic carbocycles. The second kappa shape index (κ2) is 3.76. The summed E-state index contributed by atoms with van der Waals surface area (Å²) in [6.45, 7) is 1.91. The van der Waals surface area contributed by atoms with Crippen LogP contribution in [0.3, 0.4) is 0 Å². The van der Waals surface area contributed by atoms with Gasteiger partial charge in [-0.2, -0.15) is 0 Å². The standard InChI is InChI=1S/C8H8FIS/c1-5-3-6(9)8(11-2)4-7(5)10/h3-4H,1-2H3. The number of thioether (sulfide) groups is 1. The van der Waals surface area contributed by atoms with Crippen LogP contribution in [-0.4, -0.2) is 6.26 Å². The zero-order valence-corrected chi connectivity index (χ0v) is 9.29. The van der Waals surface area contributed by atoms with Crippen molar-refractivity contribution < 1.29 is 4.39 Å². The van der Waals surface area contributed by atoms with Gasteiger partial charge in [0.1, 0.15) is 5.82 Å². The van der Waals surface area contributed by atoms with Crippen LogP contribution in [0.1, 0.15) is 5.56 Å². The van der Waals surface area contributed by atoms with Gasteiger partial charge in [0.15, 0.2) is 0 Å². The molecule has 0 aliphatic rings. The van der Waals surface area contributed by atoms with Crippen LogP contribution in [0.2, 0.25) is 0 Å². The van der Waals surface area contributed by atoms with Crippen molar-refractivity contribution >= 4 is 34.4 Å². The monoisotopic (exact) mass is 282 g/mol. The topological polar surface area (TPSA) is 0 Å². The molecule has 0 radical (unpaired) electrons. The van der Waals surface area contributed by atoms with Gasteiger partial charge in [-0.1, -0.05) is 0 Å². The predicted octanol–water partition coefficient (Wildman–Crippen LogP) is 3.46. The van der Waals surface area contributed by atoms with Crippen LogP contribution in [-0.2, 0) is 0 Å². The summed E-state index contributed by atoms with van der Waals surface area (Å²) in [6, 6.07) is 3.45. The lowest BCUT2D eigenvalue weighted by Gasteiger charge is -2.02. The fraction of sp³-hybridized carbons (Fsp3) is 0.250. The smallest absolute Gasteiger partial charge is 0.137 e. The lowest BCUT2D eigenvalue weighted by Crippen LogP contribution is -1.86. The average Bonchev–Trinajstić information content (AvgIpc) is 1.97. The normalized spacial score (nSPS) is 10.2. The molecule has 0 aromatic heterocycles. The molecular weight excluding hydrogens is 274 g/mol. The van der Waals surface area contributed by atoms with E-state index in [2.05, 4.69) is 22.6 Å². The Kier molecular flexibility index (Phi) is 3.18. The molecule has 0 bridgehead atoms. The van der Waals surface area contributed by atoms with E-state index in [1.807, 2.05) is 19.2 Å². The molecule has 0 fully saturated rings. The fourth-order valence-corrected chi connectivity index (χ4v) is 1.95. The first kappa shape index (κ1) is 9.32. The van der Waals surface area contributed by atoms with Gasteiger partial charge in [-0.3, -0.25) is 0 Å². The molecule has 0 nitrogen and oxygen atoms in total. The van der Waals surface area contributed by atoms with Crippen LogP contribution in [0.15, 0.2) is 17.0 Å². The number of halogens is 2. The quantitative estimate of drug-likeness (QED) is 0.561. The predicted molar refractivity (Wildman–Crippen MR) is 55.6 cm³/mol. The molecule has 1 rings (SSSR count). The molecule has 3 heteroatoms. The third kappa shape index (κ3) is 2.08. The van der Waals surface area contributed by atoms with Crippen LogP contribution in [0.5, 0.6) is 0 Å². The molecule has 0 amide bonds. The zero-order valence-electron chi connectivity index (χ0n) is 6.32. The van der Waals surface area contributed by atoms with E-state index in [4.69, 9.17) is 0 Å². The first-order chi connectivity index (χ1) is 5.15. The van der Waals surface area contributed by atoms with Crippen LogP contribution >= 0.6 is 34.4 Å². The number of rotatable bonds is 1. The Labute approximate surface area is 83.7 Å². The minimum Gasteiger partial charge on any atom is -0.206 e. The summed E-state index contributed by atoms with van der Waals surface area (Å²) in [5, 5.41) is 0. The summed E-state index contributed by atoms with van der Waals surface area (Å²) in [5.74, 6) is -0.115. The lowest BCUT2D eigenvalue weighted by molar-refractivity contribution is 0.600. The second-order valence-electron chi connectivity index (χ2n) is 2.24. The summed E-state index contributed by atoms with van der Waals surface area (Å²) in [4.78, 5) is 0.722. The number of aryl methyl sites for hydroxylation is 1. The van der Waals surface area contributed by atoms with Crippen molar-refractivity contribution in [3.05, 3.63) is 27.1 Å². The van der Waals surface area contributed by atoms with E-state index in [9.17, 15) is 4.39 Å². The highest BCUT2D eigenvalue weighted by molar-refractivity contribution is 14.1. The first-order valence-corrected chi connectivity index (χ1v) is 5.45. The van der Waals surface area contributed by atoms with Gasteiger partial charge in [-0.25, -0.2) is 4.39 Å². The Hall–Kier alpha value is 0.230. The molecular formula is C8H8FIS. The Morgan fingerprint density at radius 3 is 2.64 bits per heavy atom. The van der Waals surface area contributed by atoms with Crippen molar-refractivity contribution in [1.82, 2.24) is 0 Å². The molecule has 11 heavy (non-hydrogen) atoms. The molecule has 0 saturated heterocycles. The summed E-state index contributed by atoms with van der Waals surface area (Å²) in [7, 11) is 0. The third-order valence-corrected chi connectivity index (χ3v) is 3.35. The van der Waals surface area contributed by atoms with E-state index in [0.717, 1.165) is 14.0 Å². The highest BCUT2D eigenvalue weighted by Gasteiger charge is 2.03. The van der Waals surface area contributed by atoms with Crippen molar-refractivity contribution in [3.63, 3.8) is 0 Å². The molecule has 0 N–H and O–H groups in total. The van der Waals surface area contributed by atoms with Gasteiger partial charge >= 0.3 is 0 Å². The van der Waals surface area contributed by atoms with Crippen molar-refractivity contribution in [3.8, 4) is 0 Å². The SMILES string of the molecule is CSc1cc(I)c(C)cc1F. The maximum Gasteiger partial charge on any atom is 0.137 e. The number of hydrogen-bond donors (Lipinski definition) is 0. The fourth-order valence-electron chi connectivity index (χ4n) is 0.784. The van der Waals surface area contributed by atoms with E-state index in [1.54, 1.807) is 6.07 Å². The molecule has 0 heterocycles. The van der Waals surface area contributed by atoms with Crippen molar-refractivity contribution in [2.75, 3.05) is 6.26 Å².